The summed E-state index contributed by atoms with van der Waals surface area (Å²) in [7, 11) is 0. The van der Waals surface area contributed by atoms with Crippen LogP contribution >= 0.6 is 11.3 Å². The van der Waals surface area contributed by atoms with Crippen LogP contribution in [0, 0.1) is 0 Å². The van der Waals surface area contributed by atoms with E-state index in [1.807, 2.05) is 25.3 Å². The summed E-state index contributed by atoms with van der Waals surface area (Å²) in [4.78, 5) is 0.885. The number of rotatable bonds is 4. The van der Waals surface area contributed by atoms with Crippen molar-refractivity contribution in [2.75, 3.05) is 0 Å². The Morgan fingerprint density at radius 3 is 2.63 bits per heavy atom. The molecule has 1 aliphatic rings. The molecule has 0 amide bonds. The van der Waals surface area contributed by atoms with E-state index in [1.54, 1.807) is 11.3 Å². The summed E-state index contributed by atoms with van der Waals surface area (Å²) < 4.78 is 7.71. The first-order valence-corrected chi connectivity index (χ1v) is 7.84. The third kappa shape index (κ3) is 2.51. The molecule has 3 rings (SSSR count). The van der Waals surface area contributed by atoms with Crippen LogP contribution in [0.15, 0.2) is 0 Å². The quantitative estimate of drug-likeness (QED) is 0.862. The van der Waals surface area contributed by atoms with Gasteiger partial charge in [0.1, 0.15) is 11.1 Å². The Hall–Kier alpha value is -1.01. The average Bonchev–Trinajstić information content (AvgIpc) is 3.03. The summed E-state index contributed by atoms with van der Waals surface area (Å²) in [5, 5.41) is 14.2. The summed E-state index contributed by atoms with van der Waals surface area (Å²) >= 11 is 1.58. The molecule has 6 heteroatoms. The van der Waals surface area contributed by atoms with Crippen molar-refractivity contribution in [2.45, 2.75) is 64.6 Å². The van der Waals surface area contributed by atoms with E-state index in [9.17, 15) is 0 Å². The van der Waals surface area contributed by atoms with Crippen molar-refractivity contribution in [3.63, 3.8) is 0 Å². The van der Waals surface area contributed by atoms with Gasteiger partial charge in [-0.2, -0.15) is 9.61 Å². The molecule has 19 heavy (non-hydrogen) atoms. The third-order valence-corrected chi connectivity index (χ3v) is 4.63. The maximum atomic E-state index is 5.79. The molecular weight excluding hydrogens is 260 g/mol. The largest absolute Gasteiger partial charge is 0.369 e. The Kier molecular flexibility index (Phi) is 3.54. The molecular formula is C13H20N4OS. The molecule has 2 aromatic rings. The minimum atomic E-state index is 0.0168. The van der Waals surface area contributed by atoms with E-state index in [4.69, 9.17) is 4.74 Å². The van der Waals surface area contributed by atoms with Gasteiger partial charge < -0.3 is 4.74 Å². The standard InChI is InChI=1S/C13H20N4OS/c1-8(2)18-9(3)12-16-17-11(10-6-4-5-7-10)14-15-13(17)19-12/h8-10H,4-7H2,1-3H3/t9-/m0/s1. The minimum Gasteiger partial charge on any atom is -0.369 e. The van der Waals surface area contributed by atoms with E-state index < -0.39 is 0 Å². The number of fused-ring (bicyclic) bond motifs is 1. The third-order valence-electron chi connectivity index (χ3n) is 3.57. The van der Waals surface area contributed by atoms with Crippen molar-refractivity contribution < 1.29 is 4.74 Å². The van der Waals surface area contributed by atoms with Crippen LogP contribution in [0.1, 0.15) is 69.3 Å². The zero-order valence-electron chi connectivity index (χ0n) is 11.7. The number of aromatic nitrogens is 4. The van der Waals surface area contributed by atoms with Gasteiger partial charge in [-0.25, -0.2) is 0 Å². The van der Waals surface area contributed by atoms with Gasteiger partial charge in [-0.1, -0.05) is 24.2 Å². The fraction of sp³-hybridized carbons (Fsp3) is 0.769. The molecule has 1 fully saturated rings. The summed E-state index contributed by atoms with van der Waals surface area (Å²) in [6, 6.07) is 0. The van der Waals surface area contributed by atoms with E-state index in [0.717, 1.165) is 15.8 Å². The average molecular weight is 280 g/mol. The smallest absolute Gasteiger partial charge is 0.234 e. The fourth-order valence-corrected chi connectivity index (χ4v) is 3.55. The van der Waals surface area contributed by atoms with Crippen molar-refractivity contribution in [3.8, 4) is 0 Å². The van der Waals surface area contributed by atoms with Crippen LogP contribution in [0.5, 0.6) is 0 Å². The summed E-state index contributed by atoms with van der Waals surface area (Å²) in [5.74, 6) is 1.57. The van der Waals surface area contributed by atoms with Crippen LogP contribution in [-0.4, -0.2) is 25.9 Å². The Morgan fingerprint density at radius 2 is 1.95 bits per heavy atom. The summed E-state index contributed by atoms with van der Waals surface area (Å²) in [6.07, 6.45) is 5.24. The van der Waals surface area contributed by atoms with E-state index >= 15 is 0 Å². The maximum Gasteiger partial charge on any atom is 0.234 e. The molecule has 0 saturated heterocycles. The molecule has 1 atom stereocenters. The van der Waals surface area contributed by atoms with Gasteiger partial charge in [-0.05, 0) is 33.6 Å². The molecule has 2 aromatic heterocycles. The second kappa shape index (κ2) is 5.17. The normalized spacial score (nSPS) is 18.7. The Labute approximate surface area is 117 Å². The molecule has 0 bridgehead atoms. The lowest BCUT2D eigenvalue weighted by molar-refractivity contribution is 0.0172. The van der Waals surface area contributed by atoms with Crippen LogP contribution in [0.3, 0.4) is 0 Å². The van der Waals surface area contributed by atoms with E-state index in [2.05, 4.69) is 15.3 Å². The first-order chi connectivity index (χ1) is 9.15. The molecule has 0 N–H and O–H groups in total. The number of ether oxygens (including phenoxy) is 1. The van der Waals surface area contributed by atoms with E-state index in [-0.39, 0.29) is 12.2 Å². The summed E-state index contributed by atoms with van der Waals surface area (Å²) in [6.45, 7) is 6.13. The zero-order valence-corrected chi connectivity index (χ0v) is 12.5. The van der Waals surface area contributed by atoms with Gasteiger partial charge in [0.15, 0.2) is 5.82 Å². The molecule has 2 heterocycles. The molecule has 0 radical (unpaired) electrons. The fourth-order valence-electron chi connectivity index (χ4n) is 2.72. The predicted molar refractivity (Wildman–Crippen MR) is 74.5 cm³/mol. The number of hydrogen-bond acceptors (Lipinski definition) is 5. The van der Waals surface area contributed by atoms with Gasteiger partial charge in [-0.3, -0.25) is 0 Å². The highest BCUT2D eigenvalue weighted by Gasteiger charge is 2.25. The Morgan fingerprint density at radius 1 is 1.21 bits per heavy atom. The highest BCUT2D eigenvalue weighted by molar-refractivity contribution is 7.16. The van der Waals surface area contributed by atoms with Crippen LogP contribution in [0.25, 0.3) is 4.96 Å². The molecule has 5 nitrogen and oxygen atoms in total. The molecule has 0 aliphatic heterocycles. The van der Waals surface area contributed by atoms with Crippen LogP contribution in [0.2, 0.25) is 0 Å². The second-order valence-corrected chi connectivity index (χ2v) is 6.49. The Balaban J connectivity index is 1.88. The van der Waals surface area contributed by atoms with Crippen LogP contribution < -0.4 is 0 Å². The van der Waals surface area contributed by atoms with Crippen molar-refractivity contribution >= 4 is 16.3 Å². The maximum absolute atomic E-state index is 5.79. The van der Waals surface area contributed by atoms with E-state index in [0.29, 0.717) is 5.92 Å². The number of hydrogen-bond donors (Lipinski definition) is 0. The topological polar surface area (TPSA) is 52.3 Å². The predicted octanol–water partition coefficient (Wildman–Crippen LogP) is 3.33. The first-order valence-electron chi connectivity index (χ1n) is 7.02. The zero-order chi connectivity index (χ0) is 13.4. The van der Waals surface area contributed by atoms with E-state index in [1.165, 1.54) is 25.7 Å². The van der Waals surface area contributed by atoms with Crippen molar-refractivity contribution in [3.05, 3.63) is 10.8 Å². The second-order valence-electron chi connectivity index (χ2n) is 5.50. The summed E-state index contributed by atoms with van der Waals surface area (Å²) in [5.41, 5.74) is 0. The van der Waals surface area contributed by atoms with Gasteiger partial charge in [0, 0.05) is 5.92 Å². The highest BCUT2D eigenvalue weighted by Crippen LogP contribution is 2.34. The highest BCUT2D eigenvalue weighted by atomic mass is 32.1. The molecule has 0 unspecified atom stereocenters. The van der Waals surface area contributed by atoms with Crippen molar-refractivity contribution in [2.24, 2.45) is 0 Å². The van der Waals surface area contributed by atoms with Crippen molar-refractivity contribution in [1.82, 2.24) is 19.8 Å². The van der Waals surface area contributed by atoms with Crippen LogP contribution in [-0.2, 0) is 4.74 Å². The first kappa shape index (κ1) is 13.0. The van der Waals surface area contributed by atoms with Crippen LogP contribution in [0.4, 0.5) is 0 Å². The van der Waals surface area contributed by atoms with Crippen molar-refractivity contribution in [1.29, 1.82) is 0 Å². The van der Waals surface area contributed by atoms with Gasteiger partial charge in [-0.15, -0.1) is 10.2 Å². The minimum absolute atomic E-state index is 0.0168. The molecule has 0 spiro atoms. The molecule has 1 saturated carbocycles. The van der Waals surface area contributed by atoms with Gasteiger partial charge in [0.2, 0.25) is 4.96 Å². The SMILES string of the molecule is CC(C)O[C@@H](C)c1nn2c(C3CCCC3)nnc2s1. The molecule has 104 valence electrons. The Bertz CT molecular complexity index is 556. The lowest BCUT2D eigenvalue weighted by Gasteiger charge is -2.12. The lowest BCUT2D eigenvalue weighted by Crippen LogP contribution is -2.08. The van der Waals surface area contributed by atoms with Gasteiger partial charge in [0.05, 0.1) is 6.10 Å². The number of nitrogens with zero attached hydrogens (tertiary/aromatic N) is 4. The monoisotopic (exact) mass is 280 g/mol. The van der Waals surface area contributed by atoms with Gasteiger partial charge in [0.25, 0.3) is 0 Å². The molecule has 0 aromatic carbocycles. The molecule has 1 aliphatic carbocycles. The lowest BCUT2D eigenvalue weighted by atomic mass is 10.1. The van der Waals surface area contributed by atoms with Gasteiger partial charge >= 0.3 is 0 Å².